The Morgan fingerprint density at radius 3 is 2.86 bits per heavy atom. The Hall–Kier alpha value is -0.560. The molecule has 0 bridgehead atoms. The molecule has 7 heavy (non-hydrogen) atoms. The van der Waals surface area contributed by atoms with Gasteiger partial charge in [-0.1, -0.05) is 24.8 Å². The van der Waals surface area contributed by atoms with Crippen LogP contribution in [0.4, 0.5) is 0 Å². The highest BCUT2D eigenvalue weighted by atomic mass is 16.5. The van der Waals surface area contributed by atoms with E-state index in [4.69, 9.17) is 4.74 Å². The second kappa shape index (κ2) is 5.44. The van der Waals surface area contributed by atoms with E-state index in [0.717, 1.165) is 0 Å². The first kappa shape index (κ1) is 6.44. The van der Waals surface area contributed by atoms with E-state index in [1.807, 2.05) is 12.2 Å². The second-order valence-corrected chi connectivity index (χ2v) is 1.12. The Bertz CT molecular complexity index is 64.6. The van der Waals surface area contributed by atoms with Gasteiger partial charge in [0.15, 0.2) is 0 Å². The summed E-state index contributed by atoms with van der Waals surface area (Å²) in [5, 5.41) is 0. The SMILES string of the molecule is C=CC=CCOC. The Balaban J connectivity index is 2.92. The number of methoxy groups -OCH3 is 1. The number of hydrogen-bond acceptors (Lipinski definition) is 1. The van der Waals surface area contributed by atoms with Crippen LogP contribution in [-0.2, 0) is 4.74 Å². The predicted molar refractivity (Wildman–Crippen MR) is 31.2 cm³/mol. The molecule has 40 valence electrons. The van der Waals surface area contributed by atoms with Gasteiger partial charge >= 0.3 is 0 Å². The maximum absolute atomic E-state index is 4.71. The smallest absolute Gasteiger partial charge is 0.0646 e. The Labute approximate surface area is 44.3 Å². The number of allylic oxidation sites excluding steroid dienone is 2. The van der Waals surface area contributed by atoms with E-state index in [9.17, 15) is 0 Å². The largest absolute Gasteiger partial charge is 0.381 e. The molecule has 0 heterocycles. The summed E-state index contributed by atoms with van der Waals surface area (Å²) in [4.78, 5) is 0. The van der Waals surface area contributed by atoms with Crippen LogP contribution in [0, 0.1) is 0 Å². The summed E-state index contributed by atoms with van der Waals surface area (Å²) < 4.78 is 4.71. The minimum absolute atomic E-state index is 0.673. The van der Waals surface area contributed by atoms with Crippen molar-refractivity contribution in [1.82, 2.24) is 0 Å². The van der Waals surface area contributed by atoms with Gasteiger partial charge in [0, 0.05) is 7.11 Å². The summed E-state index contributed by atoms with van der Waals surface area (Å²) in [5.74, 6) is 0. The van der Waals surface area contributed by atoms with Crippen molar-refractivity contribution in [2.75, 3.05) is 13.7 Å². The molecule has 0 radical (unpaired) electrons. The maximum atomic E-state index is 4.71. The zero-order chi connectivity index (χ0) is 5.54. The van der Waals surface area contributed by atoms with Crippen molar-refractivity contribution in [3.63, 3.8) is 0 Å². The van der Waals surface area contributed by atoms with Gasteiger partial charge in [0.1, 0.15) is 0 Å². The first-order valence-corrected chi connectivity index (χ1v) is 2.18. The van der Waals surface area contributed by atoms with Crippen LogP contribution in [0.25, 0.3) is 0 Å². The fourth-order valence-corrected chi connectivity index (χ4v) is 0.248. The molecule has 0 fully saturated rings. The highest BCUT2D eigenvalue weighted by Crippen LogP contribution is 1.72. The van der Waals surface area contributed by atoms with Gasteiger partial charge < -0.3 is 4.74 Å². The molecule has 0 rings (SSSR count). The third-order valence-corrected chi connectivity index (χ3v) is 0.535. The molecular formula is C6H10O. The van der Waals surface area contributed by atoms with Crippen LogP contribution in [0.3, 0.4) is 0 Å². The van der Waals surface area contributed by atoms with E-state index in [0.29, 0.717) is 6.61 Å². The van der Waals surface area contributed by atoms with Gasteiger partial charge in [-0.2, -0.15) is 0 Å². The normalized spacial score (nSPS) is 9.86. The molecule has 0 aliphatic rings. The maximum Gasteiger partial charge on any atom is 0.0646 e. The standard InChI is InChI=1S/C6H10O/c1-3-4-5-6-7-2/h3-5H,1,6H2,2H3. The van der Waals surface area contributed by atoms with Crippen LogP contribution in [0.5, 0.6) is 0 Å². The van der Waals surface area contributed by atoms with Crippen LogP contribution in [0.1, 0.15) is 0 Å². The molecular weight excluding hydrogens is 88.1 g/mol. The Morgan fingerprint density at radius 2 is 2.43 bits per heavy atom. The molecule has 0 N–H and O–H groups in total. The van der Waals surface area contributed by atoms with Gasteiger partial charge in [-0.3, -0.25) is 0 Å². The van der Waals surface area contributed by atoms with Crippen LogP contribution < -0.4 is 0 Å². The highest BCUT2D eigenvalue weighted by Gasteiger charge is 1.63. The van der Waals surface area contributed by atoms with Crippen molar-refractivity contribution >= 4 is 0 Å². The molecule has 0 aromatic heterocycles. The van der Waals surface area contributed by atoms with Crippen molar-refractivity contribution in [2.45, 2.75) is 0 Å². The Morgan fingerprint density at radius 1 is 1.71 bits per heavy atom. The average molecular weight is 98.1 g/mol. The van der Waals surface area contributed by atoms with Gasteiger partial charge in [0.2, 0.25) is 0 Å². The van der Waals surface area contributed by atoms with Crippen LogP contribution in [0.2, 0.25) is 0 Å². The highest BCUT2D eigenvalue weighted by molar-refractivity contribution is 4.96. The molecule has 1 heteroatoms. The molecule has 0 aliphatic carbocycles. The third kappa shape index (κ3) is 5.44. The van der Waals surface area contributed by atoms with E-state index in [1.54, 1.807) is 13.2 Å². The lowest BCUT2D eigenvalue weighted by molar-refractivity contribution is 0.234. The van der Waals surface area contributed by atoms with Crippen molar-refractivity contribution in [2.24, 2.45) is 0 Å². The van der Waals surface area contributed by atoms with Crippen molar-refractivity contribution in [3.8, 4) is 0 Å². The molecule has 0 spiro atoms. The quantitative estimate of drug-likeness (QED) is 0.484. The first-order valence-electron chi connectivity index (χ1n) is 2.18. The molecule has 0 atom stereocenters. The van der Waals surface area contributed by atoms with Crippen LogP contribution >= 0.6 is 0 Å². The van der Waals surface area contributed by atoms with Gasteiger partial charge in [0.25, 0.3) is 0 Å². The number of ether oxygens (including phenoxy) is 1. The van der Waals surface area contributed by atoms with Crippen molar-refractivity contribution < 1.29 is 4.74 Å². The molecule has 0 saturated carbocycles. The second-order valence-electron chi connectivity index (χ2n) is 1.12. The van der Waals surface area contributed by atoms with E-state index in [1.165, 1.54) is 0 Å². The fraction of sp³-hybridized carbons (Fsp3) is 0.333. The van der Waals surface area contributed by atoms with E-state index >= 15 is 0 Å². The van der Waals surface area contributed by atoms with E-state index < -0.39 is 0 Å². The Kier molecular flexibility index (Phi) is 5.00. The summed E-state index contributed by atoms with van der Waals surface area (Å²) in [6.07, 6.45) is 5.47. The van der Waals surface area contributed by atoms with E-state index in [2.05, 4.69) is 6.58 Å². The molecule has 0 aromatic rings. The minimum Gasteiger partial charge on any atom is -0.381 e. The number of rotatable bonds is 3. The van der Waals surface area contributed by atoms with Gasteiger partial charge in [-0.15, -0.1) is 0 Å². The third-order valence-electron chi connectivity index (χ3n) is 0.535. The van der Waals surface area contributed by atoms with Crippen LogP contribution in [-0.4, -0.2) is 13.7 Å². The molecule has 0 aliphatic heterocycles. The molecule has 0 aromatic carbocycles. The van der Waals surface area contributed by atoms with Gasteiger partial charge in [-0.05, 0) is 0 Å². The average Bonchev–Trinajstić information content (AvgIpc) is 1.69. The monoisotopic (exact) mass is 98.1 g/mol. The molecule has 0 amide bonds. The number of hydrogen-bond donors (Lipinski definition) is 0. The lowest BCUT2D eigenvalue weighted by atomic mass is 10.5. The fourth-order valence-electron chi connectivity index (χ4n) is 0.248. The zero-order valence-corrected chi connectivity index (χ0v) is 4.55. The van der Waals surface area contributed by atoms with Gasteiger partial charge in [0.05, 0.1) is 6.61 Å². The predicted octanol–water partition coefficient (Wildman–Crippen LogP) is 1.37. The summed E-state index contributed by atoms with van der Waals surface area (Å²) in [6.45, 7) is 4.16. The van der Waals surface area contributed by atoms with Crippen LogP contribution in [0.15, 0.2) is 24.8 Å². The summed E-state index contributed by atoms with van der Waals surface area (Å²) in [7, 11) is 1.66. The molecule has 0 saturated heterocycles. The summed E-state index contributed by atoms with van der Waals surface area (Å²) in [5.41, 5.74) is 0. The summed E-state index contributed by atoms with van der Waals surface area (Å²) >= 11 is 0. The minimum atomic E-state index is 0.673. The zero-order valence-electron chi connectivity index (χ0n) is 4.55. The van der Waals surface area contributed by atoms with Crippen molar-refractivity contribution in [1.29, 1.82) is 0 Å². The lowest BCUT2D eigenvalue weighted by Crippen LogP contribution is -1.78. The molecule has 0 unspecified atom stereocenters. The van der Waals surface area contributed by atoms with E-state index in [-0.39, 0.29) is 0 Å². The van der Waals surface area contributed by atoms with Crippen molar-refractivity contribution in [3.05, 3.63) is 24.8 Å². The lowest BCUT2D eigenvalue weighted by Gasteiger charge is -1.82. The molecule has 1 nitrogen and oxygen atoms in total. The van der Waals surface area contributed by atoms with Gasteiger partial charge in [-0.25, -0.2) is 0 Å². The first-order chi connectivity index (χ1) is 3.41. The topological polar surface area (TPSA) is 9.23 Å². The summed E-state index contributed by atoms with van der Waals surface area (Å²) in [6, 6.07) is 0.